The van der Waals surface area contributed by atoms with Gasteiger partial charge in [-0.2, -0.15) is 5.10 Å². The molecule has 2 aromatic rings. The van der Waals surface area contributed by atoms with Gasteiger partial charge in [0, 0.05) is 12.1 Å². The van der Waals surface area contributed by atoms with Crippen molar-refractivity contribution >= 4 is 11.7 Å². The van der Waals surface area contributed by atoms with Gasteiger partial charge in [0.15, 0.2) is 0 Å². The predicted molar refractivity (Wildman–Crippen MR) is 92.7 cm³/mol. The highest BCUT2D eigenvalue weighted by molar-refractivity contribution is 5.89. The van der Waals surface area contributed by atoms with Crippen molar-refractivity contribution in [3.63, 3.8) is 0 Å². The van der Waals surface area contributed by atoms with Gasteiger partial charge in [0.2, 0.25) is 0 Å². The Kier molecular flexibility index (Phi) is 4.56. The molecule has 25 heavy (non-hydrogen) atoms. The van der Waals surface area contributed by atoms with Gasteiger partial charge in [0.25, 0.3) is 0 Å². The molecule has 2 heterocycles. The van der Waals surface area contributed by atoms with Gasteiger partial charge in [-0.15, -0.1) is 0 Å². The summed E-state index contributed by atoms with van der Waals surface area (Å²) in [5.74, 6) is 0.788. The first-order valence-electron chi connectivity index (χ1n) is 8.72. The number of rotatable bonds is 4. The molecule has 1 fully saturated rings. The normalized spacial score (nSPS) is 22.2. The quantitative estimate of drug-likeness (QED) is 0.797. The van der Waals surface area contributed by atoms with E-state index in [1.165, 1.54) is 5.56 Å². The average Bonchev–Trinajstić information content (AvgIpc) is 3.28. The molecule has 0 bridgehead atoms. The zero-order chi connectivity index (χ0) is 17.1. The van der Waals surface area contributed by atoms with Crippen molar-refractivity contribution in [3.05, 3.63) is 41.7 Å². The second kappa shape index (κ2) is 7.14. The Labute approximate surface area is 146 Å². The lowest BCUT2D eigenvalue weighted by Crippen LogP contribution is -2.34. The van der Waals surface area contributed by atoms with E-state index in [1.807, 2.05) is 30.5 Å². The molecule has 1 aromatic carbocycles. The molecule has 7 nitrogen and oxygen atoms in total. The highest BCUT2D eigenvalue weighted by atomic mass is 16.5. The van der Waals surface area contributed by atoms with Gasteiger partial charge in [-0.1, -0.05) is 0 Å². The van der Waals surface area contributed by atoms with Crippen molar-refractivity contribution in [1.82, 2.24) is 15.5 Å². The Balaban J connectivity index is 1.32. The number of ether oxygens (including phenoxy) is 2. The number of anilines is 1. The number of H-pyrrole nitrogens is 1. The van der Waals surface area contributed by atoms with Crippen molar-refractivity contribution in [3.8, 4) is 5.75 Å². The van der Waals surface area contributed by atoms with E-state index in [9.17, 15) is 4.79 Å². The van der Waals surface area contributed by atoms with Crippen molar-refractivity contribution in [2.24, 2.45) is 0 Å². The third-order valence-electron chi connectivity index (χ3n) is 4.65. The van der Waals surface area contributed by atoms with Gasteiger partial charge in [-0.25, -0.2) is 4.79 Å². The summed E-state index contributed by atoms with van der Waals surface area (Å²) in [6, 6.07) is 7.17. The maximum absolute atomic E-state index is 12.3. The van der Waals surface area contributed by atoms with Gasteiger partial charge in [-0.3, -0.25) is 5.10 Å². The SMILES string of the molecule is O=C(Nc1ccc(OC2CCOC2)cc1)NC1CCCc2cn[nH]c21. The van der Waals surface area contributed by atoms with Crippen molar-refractivity contribution in [2.45, 2.75) is 37.8 Å². The number of carbonyl (C=O) groups excluding carboxylic acids is 1. The maximum Gasteiger partial charge on any atom is 0.319 e. The molecule has 4 rings (SSSR count). The summed E-state index contributed by atoms with van der Waals surface area (Å²) >= 11 is 0. The molecule has 2 unspecified atom stereocenters. The van der Waals surface area contributed by atoms with Crippen LogP contribution < -0.4 is 15.4 Å². The molecule has 1 aliphatic carbocycles. The Morgan fingerprint density at radius 1 is 1.28 bits per heavy atom. The number of urea groups is 1. The molecule has 2 amide bonds. The van der Waals surface area contributed by atoms with Gasteiger partial charge < -0.3 is 20.1 Å². The largest absolute Gasteiger partial charge is 0.488 e. The molecule has 2 aliphatic rings. The Morgan fingerprint density at radius 2 is 2.16 bits per heavy atom. The van der Waals surface area contributed by atoms with Crippen LogP contribution in [0.5, 0.6) is 5.75 Å². The van der Waals surface area contributed by atoms with Crippen LogP contribution in [0, 0.1) is 0 Å². The van der Waals surface area contributed by atoms with E-state index in [2.05, 4.69) is 20.8 Å². The smallest absolute Gasteiger partial charge is 0.319 e. The first-order valence-corrected chi connectivity index (χ1v) is 8.72. The summed E-state index contributed by atoms with van der Waals surface area (Å²) in [7, 11) is 0. The Bertz CT molecular complexity index is 722. The third kappa shape index (κ3) is 3.76. The first-order chi connectivity index (χ1) is 12.3. The van der Waals surface area contributed by atoms with E-state index in [-0.39, 0.29) is 18.2 Å². The molecule has 132 valence electrons. The average molecular weight is 342 g/mol. The summed E-state index contributed by atoms with van der Waals surface area (Å²) < 4.78 is 11.1. The molecule has 7 heteroatoms. The standard InChI is InChI=1S/C18H22N4O3/c23-18(21-16-3-1-2-12-10-19-22-17(12)16)20-13-4-6-14(7-5-13)25-15-8-9-24-11-15/h4-7,10,15-16H,1-3,8-9,11H2,(H,19,22)(H2,20,21,23). The Hall–Kier alpha value is -2.54. The van der Waals surface area contributed by atoms with Crippen molar-refractivity contribution in [1.29, 1.82) is 0 Å². The summed E-state index contributed by atoms with van der Waals surface area (Å²) in [5.41, 5.74) is 2.94. The van der Waals surface area contributed by atoms with Gasteiger partial charge >= 0.3 is 6.03 Å². The van der Waals surface area contributed by atoms with Crippen LogP contribution in [0.15, 0.2) is 30.5 Å². The second-order valence-electron chi connectivity index (χ2n) is 6.48. The molecule has 2 atom stereocenters. The number of hydrogen-bond donors (Lipinski definition) is 3. The minimum absolute atomic E-state index is 0.0174. The second-order valence-corrected chi connectivity index (χ2v) is 6.48. The topological polar surface area (TPSA) is 88.3 Å². The molecule has 1 saturated heterocycles. The van der Waals surface area contributed by atoms with Crippen LogP contribution in [0.4, 0.5) is 10.5 Å². The molecule has 3 N–H and O–H groups in total. The summed E-state index contributed by atoms with van der Waals surface area (Å²) in [6.07, 6.45) is 5.86. The van der Waals surface area contributed by atoms with Crippen LogP contribution in [0.25, 0.3) is 0 Å². The number of benzene rings is 1. The number of amides is 2. The summed E-state index contributed by atoms with van der Waals surface area (Å²) in [5, 5.41) is 13.0. The van der Waals surface area contributed by atoms with E-state index >= 15 is 0 Å². The first kappa shape index (κ1) is 16.0. The Morgan fingerprint density at radius 3 is 2.96 bits per heavy atom. The van der Waals surface area contributed by atoms with Crippen LogP contribution in [-0.4, -0.2) is 35.5 Å². The zero-order valence-corrected chi connectivity index (χ0v) is 14.0. The summed E-state index contributed by atoms with van der Waals surface area (Å²) in [6.45, 7) is 1.39. The zero-order valence-electron chi connectivity index (χ0n) is 14.0. The summed E-state index contributed by atoms with van der Waals surface area (Å²) in [4.78, 5) is 12.3. The van der Waals surface area contributed by atoms with Gasteiger partial charge in [0.05, 0.1) is 31.1 Å². The monoisotopic (exact) mass is 342 g/mol. The fraction of sp³-hybridized carbons (Fsp3) is 0.444. The number of carbonyl (C=O) groups is 1. The lowest BCUT2D eigenvalue weighted by molar-refractivity contribution is 0.141. The van der Waals surface area contributed by atoms with E-state index in [0.29, 0.717) is 6.61 Å². The molecule has 1 aliphatic heterocycles. The molecular weight excluding hydrogens is 320 g/mol. The van der Waals surface area contributed by atoms with E-state index in [0.717, 1.165) is 49.4 Å². The van der Waals surface area contributed by atoms with E-state index < -0.39 is 0 Å². The van der Waals surface area contributed by atoms with Crippen LogP contribution in [0.1, 0.15) is 36.6 Å². The highest BCUT2D eigenvalue weighted by Crippen LogP contribution is 2.27. The molecule has 0 saturated carbocycles. The van der Waals surface area contributed by atoms with Gasteiger partial charge in [-0.05, 0) is 49.1 Å². The highest BCUT2D eigenvalue weighted by Gasteiger charge is 2.23. The fourth-order valence-corrected chi connectivity index (χ4v) is 3.35. The van der Waals surface area contributed by atoms with Crippen molar-refractivity contribution < 1.29 is 14.3 Å². The van der Waals surface area contributed by atoms with Crippen LogP contribution in [0.2, 0.25) is 0 Å². The van der Waals surface area contributed by atoms with E-state index in [1.54, 1.807) is 0 Å². The van der Waals surface area contributed by atoms with Crippen molar-refractivity contribution in [2.75, 3.05) is 18.5 Å². The minimum Gasteiger partial charge on any atom is -0.488 e. The number of aromatic nitrogens is 2. The lowest BCUT2D eigenvalue weighted by atomic mass is 9.94. The van der Waals surface area contributed by atoms with Crippen LogP contribution in [-0.2, 0) is 11.2 Å². The third-order valence-corrected chi connectivity index (χ3v) is 4.65. The number of hydrogen-bond acceptors (Lipinski definition) is 4. The molecule has 0 radical (unpaired) electrons. The molecule has 1 aromatic heterocycles. The minimum atomic E-state index is -0.217. The van der Waals surface area contributed by atoms with Gasteiger partial charge in [0.1, 0.15) is 11.9 Å². The van der Waals surface area contributed by atoms with Crippen LogP contribution in [0.3, 0.4) is 0 Å². The lowest BCUT2D eigenvalue weighted by Gasteiger charge is -2.23. The number of aryl methyl sites for hydroxylation is 1. The number of nitrogens with one attached hydrogen (secondary N) is 3. The molecule has 0 spiro atoms. The van der Waals surface area contributed by atoms with Crippen LogP contribution >= 0.6 is 0 Å². The predicted octanol–water partition coefficient (Wildman–Crippen LogP) is 2.78. The van der Waals surface area contributed by atoms with E-state index in [4.69, 9.17) is 9.47 Å². The number of aromatic amines is 1. The maximum atomic E-state index is 12.3. The fourth-order valence-electron chi connectivity index (χ4n) is 3.35. The number of fused-ring (bicyclic) bond motifs is 1. The molecular formula is C18H22N4O3. The number of nitrogens with zero attached hydrogens (tertiary/aromatic N) is 1.